The van der Waals surface area contributed by atoms with Crippen LogP contribution in [-0.2, 0) is 11.3 Å². The Morgan fingerprint density at radius 3 is 2.75 bits per heavy atom. The number of hydrogen-bond acceptors (Lipinski definition) is 6. The van der Waals surface area contributed by atoms with Crippen LogP contribution in [-0.4, -0.2) is 57.6 Å². The summed E-state index contributed by atoms with van der Waals surface area (Å²) < 4.78 is 24.1. The van der Waals surface area contributed by atoms with Gasteiger partial charge in [-0.2, -0.15) is 5.10 Å². The Bertz CT molecular complexity index is 1420. The molecule has 6 rings (SSSR count). The van der Waals surface area contributed by atoms with Crippen LogP contribution in [0.4, 0.5) is 21.6 Å². The number of hydrogen-bond donors (Lipinski definition) is 2. The Hall–Kier alpha value is -2.88. The molecule has 0 aliphatic carbocycles. The zero-order valence-corrected chi connectivity index (χ0v) is 21.5. The molecule has 5 heterocycles. The summed E-state index contributed by atoms with van der Waals surface area (Å²) >= 11 is 6.94. The molecule has 8 nitrogen and oxygen atoms in total. The Labute approximate surface area is 214 Å². The van der Waals surface area contributed by atoms with E-state index < -0.39 is 5.82 Å². The Balaban J connectivity index is 1.42. The summed E-state index contributed by atoms with van der Waals surface area (Å²) in [5, 5.41) is 13.3. The van der Waals surface area contributed by atoms with Gasteiger partial charge in [0.25, 0.3) is 0 Å². The molecule has 2 fully saturated rings. The van der Waals surface area contributed by atoms with Crippen molar-refractivity contribution in [3.05, 3.63) is 47.1 Å². The first-order valence-corrected chi connectivity index (χ1v) is 12.9. The molecule has 2 saturated heterocycles. The van der Waals surface area contributed by atoms with Gasteiger partial charge >= 0.3 is 0 Å². The van der Waals surface area contributed by atoms with E-state index in [1.54, 1.807) is 10.6 Å². The summed E-state index contributed by atoms with van der Waals surface area (Å²) in [4.78, 5) is 6.63. The summed E-state index contributed by atoms with van der Waals surface area (Å²) in [6.07, 6.45) is 4.63. The van der Waals surface area contributed by atoms with E-state index in [4.69, 9.17) is 21.4 Å². The quantitative estimate of drug-likeness (QED) is 0.403. The summed E-state index contributed by atoms with van der Waals surface area (Å²) in [5.74, 6) is 0.610. The second-order valence-electron chi connectivity index (χ2n) is 10.3. The minimum Gasteiger partial charge on any atom is -0.381 e. The van der Waals surface area contributed by atoms with Gasteiger partial charge in [-0.15, -0.1) is 0 Å². The molecule has 2 N–H and O–H groups in total. The van der Waals surface area contributed by atoms with Crippen LogP contribution in [0.25, 0.3) is 16.6 Å². The van der Waals surface area contributed by atoms with Gasteiger partial charge in [0.2, 0.25) is 0 Å². The third kappa shape index (κ3) is 4.40. The lowest BCUT2D eigenvalue weighted by molar-refractivity contribution is 0.182. The van der Waals surface area contributed by atoms with Crippen LogP contribution in [0.2, 0.25) is 5.02 Å². The maximum Gasteiger partial charge on any atom is 0.173 e. The lowest BCUT2D eigenvalue weighted by Gasteiger charge is -2.37. The van der Waals surface area contributed by atoms with Crippen LogP contribution in [0.3, 0.4) is 0 Å². The number of anilines is 3. The topological polar surface area (TPSA) is 71.7 Å². The van der Waals surface area contributed by atoms with E-state index in [0.29, 0.717) is 40.2 Å². The smallest absolute Gasteiger partial charge is 0.173 e. The van der Waals surface area contributed by atoms with Crippen molar-refractivity contribution >= 4 is 45.3 Å². The lowest BCUT2D eigenvalue weighted by Crippen LogP contribution is -2.54. The summed E-state index contributed by atoms with van der Waals surface area (Å²) in [5.41, 5.74) is 3.69. The molecule has 3 atom stereocenters. The minimum atomic E-state index is -0.393. The molecule has 4 aromatic rings. The first kappa shape index (κ1) is 23.5. The SMILES string of the molecule is Cc1cn2cc(Nc3nn(CC4CCOC4)c4cc(N5C[C@@H](C)N[C@@H](C)C5)cc(Cl)c34)cc(F)c2n1. The number of nitrogens with one attached hydrogen (secondary N) is 2. The van der Waals surface area contributed by atoms with Crippen LogP contribution in [0.5, 0.6) is 0 Å². The molecule has 2 aliphatic rings. The van der Waals surface area contributed by atoms with Gasteiger partial charge in [-0.05, 0) is 39.3 Å². The number of rotatable bonds is 5. The normalized spacial score (nSPS) is 22.7. The standard InChI is InChI=1S/C26H31ClFN7O/c1-15-9-33(10-16(2)29-15)20-7-21(27)24-23(8-20)35(12-18-4-5-36-14-18)32-25(24)31-19-6-22(28)26-30-17(3)11-34(26)13-19/h6-8,11,13,15-16,18,29H,4-5,9-10,12,14H2,1-3H3,(H,31,32)/t15-,16+,18?. The van der Waals surface area contributed by atoms with Crippen molar-refractivity contribution in [2.45, 2.75) is 45.8 Å². The molecule has 0 saturated carbocycles. The Morgan fingerprint density at radius 1 is 1.19 bits per heavy atom. The van der Waals surface area contributed by atoms with Crippen molar-refractivity contribution in [3.63, 3.8) is 0 Å². The van der Waals surface area contributed by atoms with E-state index in [1.807, 2.05) is 23.9 Å². The van der Waals surface area contributed by atoms with E-state index in [2.05, 4.69) is 40.4 Å². The van der Waals surface area contributed by atoms with Crippen molar-refractivity contribution < 1.29 is 9.13 Å². The van der Waals surface area contributed by atoms with Gasteiger partial charge in [0, 0.05) is 68.4 Å². The van der Waals surface area contributed by atoms with Gasteiger partial charge in [-0.3, -0.25) is 4.68 Å². The highest BCUT2D eigenvalue weighted by Gasteiger charge is 2.25. The molecular formula is C26H31ClFN7O. The second-order valence-corrected chi connectivity index (χ2v) is 10.7. The largest absolute Gasteiger partial charge is 0.381 e. The molecule has 0 bridgehead atoms. The monoisotopic (exact) mass is 511 g/mol. The summed E-state index contributed by atoms with van der Waals surface area (Å²) in [6, 6.07) is 6.43. The number of fused-ring (bicyclic) bond motifs is 2. The molecule has 2 aliphatic heterocycles. The molecular weight excluding hydrogens is 481 g/mol. The minimum absolute atomic E-state index is 0.303. The fourth-order valence-corrected chi connectivity index (χ4v) is 5.84. The maximum atomic E-state index is 14.8. The molecule has 0 spiro atoms. The van der Waals surface area contributed by atoms with Gasteiger partial charge in [0.05, 0.1) is 33.9 Å². The Kier molecular flexibility index (Phi) is 6.02. The number of imidazole rings is 1. The van der Waals surface area contributed by atoms with Gasteiger partial charge in [-0.25, -0.2) is 9.37 Å². The van der Waals surface area contributed by atoms with Crippen molar-refractivity contribution in [2.24, 2.45) is 5.92 Å². The van der Waals surface area contributed by atoms with E-state index in [0.717, 1.165) is 61.6 Å². The number of nitrogens with zero attached hydrogens (tertiary/aromatic N) is 5. The van der Waals surface area contributed by atoms with Crippen molar-refractivity contribution in [3.8, 4) is 0 Å². The van der Waals surface area contributed by atoms with Crippen molar-refractivity contribution in [2.75, 3.05) is 36.5 Å². The zero-order chi connectivity index (χ0) is 25.0. The first-order valence-electron chi connectivity index (χ1n) is 12.5. The van der Waals surface area contributed by atoms with Gasteiger partial charge in [0.15, 0.2) is 17.3 Å². The highest BCUT2D eigenvalue weighted by Crippen LogP contribution is 2.37. The van der Waals surface area contributed by atoms with Crippen LogP contribution in [0, 0.1) is 18.7 Å². The highest BCUT2D eigenvalue weighted by molar-refractivity contribution is 6.37. The predicted molar refractivity (Wildman–Crippen MR) is 141 cm³/mol. The van der Waals surface area contributed by atoms with Gasteiger partial charge in [-0.1, -0.05) is 11.6 Å². The number of pyridine rings is 1. The maximum absolute atomic E-state index is 14.8. The van der Waals surface area contributed by atoms with E-state index in [9.17, 15) is 4.39 Å². The molecule has 1 unspecified atom stereocenters. The molecule has 0 radical (unpaired) electrons. The van der Waals surface area contributed by atoms with Crippen LogP contribution >= 0.6 is 11.6 Å². The number of piperazine rings is 1. The summed E-state index contributed by atoms with van der Waals surface area (Å²) in [7, 11) is 0. The summed E-state index contributed by atoms with van der Waals surface area (Å²) in [6.45, 7) is 10.3. The number of aromatic nitrogens is 4. The number of halogens is 2. The molecule has 3 aromatic heterocycles. The number of ether oxygens (including phenoxy) is 1. The fraction of sp³-hybridized carbons (Fsp3) is 0.462. The van der Waals surface area contributed by atoms with E-state index in [1.165, 1.54) is 6.07 Å². The highest BCUT2D eigenvalue weighted by atomic mass is 35.5. The molecule has 1 aromatic carbocycles. The van der Waals surface area contributed by atoms with Crippen molar-refractivity contribution in [1.82, 2.24) is 24.5 Å². The van der Waals surface area contributed by atoms with Crippen molar-refractivity contribution in [1.29, 1.82) is 0 Å². The number of benzene rings is 1. The predicted octanol–water partition coefficient (Wildman–Crippen LogP) is 4.75. The van der Waals surface area contributed by atoms with Gasteiger partial charge in [0.1, 0.15) is 0 Å². The lowest BCUT2D eigenvalue weighted by atomic mass is 10.1. The molecule has 0 amide bonds. The average molecular weight is 512 g/mol. The third-order valence-corrected chi connectivity index (χ3v) is 7.36. The zero-order valence-electron chi connectivity index (χ0n) is 20.8. The first-order chi connectivity index (χ1) is 17.3. The Morgan fingerprint density at radius 2 is 2.00 bits per heavy atom. The van der Waals surface area contributed by atoms with Crippen LogP contribution in [0.15, 0.2) is 30.6 Å². The molecule has 36 heavy (non-hydrogen) atoms. The van der Waals surface area contributed by atoms with E-state index >= 15 is 0 Å². The third-order valence-electron chi connectivity index (χ3n) is 7.06. The van der Waals surface area contributed by atoms with Crippen LogP contribution in [0.1, 0.15) is 26.0 Å². The van der Waals surface area contributed by atoms with Crippen LogP contribution < -0.4 is 15.5 Å². The average Bonchev–Trinajstić information content (AvgIpc) is 3.53. The molecule has 190 valence electrons. The molecule has 10 heteroatoms. The second kappa shape index (κ2) is 9.21. The van der Waals surface area contributed by atoms with E-state index in [-0.39, 0.29) is 0 Å². The fourth-order valence-electron chi connectivity index (χ4n) is 5.54. The number of aryl methyl sites for hydroxylation is 1. The van der Waals surface area contributed by atoms with Gasteiger partial charge < -0.3 is 24.7 Å².